The van der Waals surface area contributed by atoms with Crippen molar-refractivity contribution in [2.24, 2.45) is 0 Å². The SMILES string of the molecule is CCS(=O)(=O)c1ccc(NC(C)(C)CCO)cc1. The van der Waals surface area contributed by atoms with E-state index in [4.69, 9.17) is 5.11 Å². The lowest BCUT2D eigenvalue weighted by molar-refractivity contribution is 0.261. The molecule has 0 aliphatic carbocycles. The van der Waals surface area contributed by atoms with Gasteiger partial charge in [0.1, 0.15) is 0 Å². The molecule has 0 fully saturated rings. The van der Waals surface area contributed by atoms with Gasteiger partial charge in [-0.15, -0.1) is 0 Å². The van der Waals surface area contributed by atoms with E-state index in [9.17, 15) is 8.42 Å². The van der Waals surface area contributed by atoms with Crippen molar-refractivity contribution < 1.29 is 13.5 Å². The van der Waals surface area contributed by atoms with Crippen LogP contribution in [0.2, 0.25) is 0 Å². The van der Waals surface area contributed by atoms with E-state index in [0.29, 0.717) is 11.3 Å². The summed E-state index contributed by atoms with van der Waals surface area (Å²) in [7, 11) is -3.14. The first-order valence-corrected chi connectivity index (χ1v) is 7.68. The standard InChI is InChI=1S/C13H21NO3S/c1-4-18(16,17)12-7-5-11(6-8-12)14-13(2,3)9-10-15/h5-8,14-15H,4,9-10H2,1-3H3. The van der Waals surface area contributed by atoms with Gasteiger partial charge in [-0.1, -0.05) is 6.92 Å². The van der Waals surface area contributed by atoms with Crippen LogP contribution in [0.15, 0.2) is 29.2 Å². The van der Waals surface area contributed by atoms with Crippen molar-refractivity contribution in [2.75, 3.05) is 17.7 Å². The number of sulfone groups is 1. The third-order valence-corrected chi connectivity index (χ3v) is 4.56. The number of hydrogen-bond acceptors (Lipinski definition) is 4. The quantitative estimate of drug-likeness (QED) is 0.831. The van der Waals surface area contributed by atoms with Gasteiger partial charge in [-0.05, 0) is 44.5 Å². The van der Waals surface area contributed by atoms with Crippen LogP contribution in [-0.4, -0.2) is 31.4 Å². The van der Waals surface area contributed by atoms with Crippen LogP contribution in [0.3, 0.4) is 0 Å². The van der Waals surface area contributed by atoms with Crippen molar-refractivity contribution in [1.82, 2.24) is 0 Å². The topological polar surface area (TPSA) is 66.4 Å². The van der Waals surface area contributed by atoms with E-state index in [1.54, 1.807) is 31.2 Å². The zero-order valence-electron chi connectivity index (χ0n) is 11.1. The number of aliphatic hydroxyl groups excluding tert-OH is 1. The molecule has 102 valence electrons. The molecule has 0 bridgehead atoms. The summed E-state index contributed by atoms with van der Waals surface area (Å²) >= 11 is 0. The minimum atomic E-state index is -3.14. The van der Waals surface area contributed by atoms with Gasteiger partial charge in [-0.3, -0.25) is 0 Å². The van der Waals surface area contributed by atoms with Gasteiger partial charge < -0.3 is 10.4 Å². The number of anilines is 1. The van der Waals surface area contributed by atoms with E-state index in [1.165, 1.54) is 0 Å². The maximum absolute atomic E-state index is 11.6. The van der Waals surface area contributed by atoms with Gasteiger partial charge in [0, 0.05) is 17.8 Å². The molecule has 1 rings (SSSR count). The van der Waals surface area contributed by atoms with Gasteiger partial charge in [0.15, 0.2) is 9.84 Å². The number of nitrogens with one attached hydrogen (secondary N) is 1. The Balaban J connectivity index is 2.84. The Morgan fingerprint density at radius 2 is 1.78 bits per heavy atom. The van der Waals surface area contributed by atoms with Crippen molar-refractivity contribution in [3.8, 4) is 0 Å². The molecule has 2 N–H and O–H groups in total. The molecule has 5 heteroatoms. The normalized spacial score (nSPS) is 12.4. The van der Waals surface area contributed by atoms with Crippen molar-refractivity contribution in [1.29, 1.82) is 0 Å². The van der Waals surface area contributed by atoms with E-state index in [2.05, 4.69) is 5.32 Å². The number of rotatable bonds is 6. The molecule has 18 heavy (non-hydrogen) atoms. The van der Waals surface area contributed by atoms with Gasteiger partial charge >= 0.3 is 0 Å². The summed E-state index contributed by atoms with van der Waals surface area (Å²) in [6, 6.07) is 6.72. The Morgan fingerprint density at radius 3 is 2.22 bits per heavy atom. The van der Waals surface area contributed by atoms with E-state index in [0.717, 1.165) is 5.69 Å². The lowest BCUT2D eigenvalue weighted by Crippen LogP contribution is -2.31. The Kier molecular flexibility index (Phi) is 4.76. The Hall–Kier alpha value is -1.07. The van der Waals surface area contributed by atoms with Crippen molar-refractivity contribution in [3.05, 3.63) is 24.3 Å². The fraction of sp³-hybridized carbons (Fsp3) is 0.538. The second-order valence-corrected chi connectivity index (χ2v) is 7.19. The minimum absolute atomic E-state index is 0.107. The molecule has 0 spiro atoms. The molecular formula is C13H21NO3S. The molecule has 0 heterocycles. The maximum atomic E-state index is 11.6. The summed E-state index contributed by atoms with van der Waals surface area (Å²) in [6.07, 6.45) is 0.627. The van der Waals surface area contributed by atoms with E-state index in [-0.39, 0.29) is 17.9 Å². The highest BCUT2D eigenvalue weighted by Gasteiger charge is 2.17. The predicted molar refractivity (Wildman–Crippen MR) is 73.6 cm³/mol. The first-order chi connectivity index (χ1) is 8.30. The van der Waals surface area contributed by atoms with Crippen molar-refractivity contribution in [3.63, 3.8) is 0 Å². The van der Waals surface area contributed by atoms with E-state index in [1.807, 2.05) is 13.8 Å². The molecule has 0 aromatic heterocycles. The fourth-order valence-electron chi connectivity index (χ4n) is 1.65. The van der Waals surface area contributed by atoms with Crippen LogP contribution in [0, 0.1) is 0 Å². The van der Waals surface area contributed by atoms with E-state index < -0.39 is 9.84 Å². The molecule has 0 radical (unpaired) electrons. The van der Waals surface area contributed by atoms with Crippen LogP contribution in [0.5, 0.6) is 0 Å². The van der Waals surface area contributed by atoms with Gasteiger partial charge in [0.2, 0.25) is 0 Å². The summed E-state index contributed by atoms with van der Waals surface area (Å²) in [6.45, 7) is 5.72. The molecule has 0 amide bonds. The molecule has 4 nitrogen and oxygen atoms in total. The molecular weight excluding hydrogens is 250 g/mol. The van der Waals surface area contributed by atoms with Crippen LogP contribution < -0.4 is 5.32 Å². The smallest absolute Gasteiger partial charge is 0.178 e. The number of benzene rings is 1. The summed E-state index contributed by atoms with van der Waals surface area (Å²) in [5, 5.41) is 12.2. The van der Waals surface area contributed by atoms with Gasteiger partial charge in [-0.25, -0.2) is 8.42 Å². The third kappa shape index (κ3) is 3.99. The average molecular weight is 271 g/mol. The van der Waals surface area contributed by atoms with Gasteiger partial charge in [0.25, 0.3) is 0 Å². The fourth-order valence-corrected chi connectivity index (χ4v) is 2.53. The zero-order valence-corrected chi connectivity index (χ0v) is 11.9. The highest BCUT2D eigenvalue weighted by atomic mass is 32.2. The zero-order chi connectivity index (χ0) is 13.8. The maximum Gasteiger partial charge on any atom is 0.178 e. The first-order valence-electron chi connectivity index (χ1n) is 6.02. The summed E-state index contributed by atoms with van der Waals surface area (Å²) in [5.41, 5.74) is 0.628. The monoisotopic (exact) mass is 271 g/mol. The Labute approximate surface area is 109 Å². The molecule has 0 unspecified atom stereocenters. The molecule has 0 atom stereocenters. The van der Waals surface area contributed by atoms with Crippen molar-refractivity contribution >= 4 is 15.5 Å². The highest BCUT2D eigenvalue weighted by Crippen LogP contribution is 2.20. The lowest BCUT2D eigenvalue weighted by atomic mass is 10.0. The predicted octanol–water partition coefficient (Wildman–Crippen LogP) is 2.05. The lowest BCUT2D eigenvalue weighted by Gasteiger charge is -2.26. The van der Waals surface area contributed by atoms with Crippen LogP contribution in [0.1, 0.15) is 27.2 Å². The Morgan fingerprint density at radius 1 is 1.22 bits per heavy atom. The molecule has 0 saturated heterocycles. The van der Waals surface area contributed by atoms with Crippen LogP contribution in [0.4, 0.5) is 5.69 Å². The highest BCUT2D eigenvalue weighted by molar-refractivity contribution is 7.91. The largest absolute Gasteiger partial charge is 0.396 e. The second-order valence-electron chi connectivity index (χ2n) is 4.91. The number of hydrogen-bond donors (Lipinski definition) is 2. The summed E-state index contributed by atoms with van der Waals surface area (Å²) in [5.74, 6) is 0.107. The molecule has 1 aromatic rings. The van der Waals surface area contributed by atoms with Crippen molar-refractivity contribution in [2.45, 2.75) is 37.6 Å². The molecule has 0 aliphatic heterocycles. The van der Waals surface area contributed by atoms with Crippen LogP contribution in [0.25, 0.3) is 0 Å². The summed E-state index contributed by atoms with van der Waals surface area (Å²) in [4.78, 5) is 0.343. The first kappa shape index (κ1) is 15.0. The van der Waals surface area contributed by atoms with Crippen LogP contribution in [-0.2, 0) is 9.84 Å². The number of aliphatic hydroxyl groups is 1. The second kappa shape index (κ2) is 5.71. The van der Waals surface area contributed by atoms with Gasteiger partial charge in [-0.2, -0.15) is 0 Å². The van der Waals surface area contributed by atoms with Gasteiger partial charge in [0.05, 0.1) is 10.6 Å². The average Bonchev–Trinajstić information content (AvgIpc) is 2.29. The molecule has 1 aromatic carbocycles. The molecule has 0 aliphatic rings. The third-order valence-electron chi connectivity index (χ3n) is 2.81. The minimum Gasteiger partial charge on any atom is -0.396 e. The Bertz CT molecular complexity index is 477. The van der Waals surface area contributed by atoms with Crippen LogP contribution >= 0.6 is 0 Å². The summed E-state index contributed by atoms with van der Waals surface area (Å²) < 4.78 is 23.3. The van der Waals surface area contributed by atoms with E-state index >= 15 is 0 Å². The molecule has 0 saturated carbocycles.